The van der Waals surface area contributed by atoms with Crippen LogP contribution in [0.3, 0.4) is 0 Å². The summed E-state index contributed by atoms with van der Waals surface area (Å²) >= 11 is 0. The zero-order valence-electron chi connectivity index (χ0n) is 13.9. The van der Waals surface area contributed by atoms with Crippen LogP contribution in [-0.2, 0) is 0 Å². The molecule has 3 nitrogen and oxygen atoms in total. The summed E-state index contributed by atoms with van der Waals surface area (Å²) in [6, 6.07) is 0.680. The Balaban J connectivity index is 1.97. The summed E-state index contributed by atoms with van der Waals surface area (Å²) in [7, 11) is 0. The van der Waals surface area contributed by atoms with Crippen LogP contribution in [0.5, 0.6) is 0 Å². The highest BCUT2D eigenvalue weighted by Gasteiger charge is 2.39. The number of hydrogen-bond donors (Lipinski definition) is 1. The molecule has 0 amide bonds. The van der Waals surface area contributed by atoms with Crippen LogP contribution in [0.4, 0.5) is 0 Å². The zero-order chi connectivity index (χ0) is 14.6. The van der Waals surface area contributed by atoms with Crippen molar-refractivity contribution in [2.75, 3.05) is 32.7 Å². The topological polar surface area (TPSA) is 32.5 Å². The van der Waals surface area contributed by atoms with Gasteiger partial charge in [-0.1, -0.05) is 13.3 Å². The Labute approximate surface area is 125 Å². The highest BCUT2D eigenvalue weighted by Crippen LogP contribution is 2.32. The van der Waals surface area contributed by atoms with Crippen LogP contribution >= 0.6 is 0 Å². The van der Waals surface area contributed by atoms with Gasteiger partial charge in [-0.05, 0) is 65.0 Å². The summed E-state index contributed by atoms with van der Waals surface area (Å²) in [6.07, 6.45) is 8.05. The largest absolute Gasteiger partial charge is 0.329 e. The molecule has 0 aromatic heterocycles. The Morgan fingerprint density at radius 3 is 2.35 bits per heavy atom. The quantitative estimate of drug-likeness (QED) is 0.860. The van der Waals surface area contributed by atoms with Crippen molar-refractivity contribution in [3.63, 3.8) is 0 Å². The predicted octanol–water partition coefficient (Wildman–Crippen LogP) is 2.70. The van der Waals surface area contributed by atoms with E-state index in [2.05, 4.69) is 30.6 Å². The number of likely N-dealkylation sites (tertiary alicyclic amines) is 2. The maximum Gasteiger partial charge on any atom is 0.0356 e. The molecule has 20 heavy (non-hydrogen) atoms. The molecule has 0 aliphatic carbocycles. The van der Waals surface area contributed by atoms with Gasteiger partial charge in [-0.3, -0.25) is 4.90 Å². The molecule has 0 aromatic carbocycles. The van der Waals surface area contributed by atoms with E-state index >= 15 is 0 Å². The van der Waals surface area contributed by atoms with Crippen molar-refractivity contribution < 1.29 is 0 Å². The van der Waals surface area contributed by atoms with Gasteiger partial charge in [0.15, 0.2) is 0 Å². The van der Waals surface area contributed by atoms with E-state index in [1.54, 1.807) is 0 Å². The van der Waals surface area contributed by atoms with Crippen molar-refractivity contribution in [1.29, 1.82) is 0 Å². The van der Waals surface area contributed by atoms with Crippen LogP contribution in [0.25, 0.3) is 0 Å². The van der Waals surface area contributed by atoms with Crippen LogP contribution in [0, 0.1) is 5.92 Å². The van der Waals surface area contributed by atoms with Crippen LogP contribution in [0.15, 0.2) is 0 Å². The Hall–Kier alpha value is -0.120. The molecule has 118 valence electrons. The third-order valence-electron chi connectivity index (χ3n) is 5.93. The van der Waals surface area contributed by atoms with Gasteiger partial charge in [0.1, 0.15) is 0 Å². The maximum atomic E-state index is 6.25. The number of nitrogens with two attached hydrogens (primary N) is 1. The summed E-state index contributed by atoms with van der Waals surface area (Å²) in [5.41, 5.74) is 6.55. The fourth-order valence-electron chi connectivity index (χ4n) is 4.15. The Kier molecular flexibility index (Phi) is 5.88. The molecule has 1 unspecified atom stereocenters. The lowest BCUT2D eigenvalue weighted by Crippen LogP contribution is -2.60. The molecule has 2 N–H and O–H groups in total. The molecule has 1 atom stereocenters. The van der Waals surface area contributed by atoms with Crippen LogP contribution in [0.2, 0.25) is 0 Å². The molecular formula is C17H35N3. The van der Waals surface area contributed by atoms with Crippen LogP contribution < -0.4 is 5.73 Å². The van der Waals surface area contributed by atoms with Crippen molar-refractivity contribution >= 4 is 0 Å². The third-order valence-corrected chi connectivity index (χ3v) is 5.93. The van der Waals surface area contributed by atoms with Crippen molar-refractivity contribution in [2.24, 2.45) is 11.7 Å². The molecule has 2 saturated heterocycles. The van der Waals surface area contributed by atoms with E-state index < -0.39 is 0 Å². The van der Waals surface area contributed by atoms with E-state index in [-0.39, 0.29) is 0 Å². The SMILES string of the molecule is CCC1CCCN(C2(CN)CCN(C(C)C)CC2)CC1. The Bertz CT molecular complexity index is 282. The van der Waals surface area contributed by atoms with Crippen molar-refractivity contribution in [3.8, 4) is 0 Å². The second kappa shape index (κ2) is 7.24. The van der Waals surface area contributed by atoms with Crippen LogP contribution in [-0.4, -0.2) is 54.1 Å². The summed E-state index contributed by atoms with van der Waals surface area (Å²) in [5.74, 6) is 0.950. The number of piperidine rings is 1. The Morgan fingerprint density at radius 1 is 1.10 bits per heavy atom. The highest BCUT2D eigenvalue weighted by atomic mass is 15.2. The minimum Gasteiger partial charge on any atom is -0.329 e. The summed E-state index contributed by atoms with van der Waals surface area (Å²) in [4.78, 5) is 5.38. The van der Waals surface area contributed by atoms with Gasteiger partial charge in [-0.25, -0.2) is 0 Å². The summed E-state index contributed by atoms with van der Waals surface area (Å²) < 4.78 is 0. The zero-order valence-corrected chi connectivity index (χ0v) is 13.9. The first-order valence-corrected chi connectivity index (χ1v) is 8.80. The van der Waals surface area contributed by atoms with Crippen LogP contribution in [0.1, 0.15) is 59.3 Å². The molecule has 2 fully saturated rings. The molecule has 0 radical (unpaired) electrons. The fourth-order valence-corrected chi connectivity index (χ4v) is 4.15. The third kappa shape index (κ3) is 3.55. The molecule has 0 bridgehead atoms. The van der Waals surface area contributed by atoms with E-state index in [9.17, 15) is 0 Å². The minimum absolute atomic E-state index is 0.300. The van der Waals surface area contributed by atoms with E-state index in [1.807, 2.05) is 0 Å². The standard InChI is InChI=1S/C17H35N3/c1-4-16-6-5-10-20(11-7-16)17(14-18)8-12-19(13-9-17)15(2)3/h15-16H,4-14,18H2,1-3H3. The normalized spacial score (nSPS) is 29.6. The average molecular weight is 281 g/mol. The molecule has 0 saturated carbocycles. The predicted molar refractivity (Wildman–Crippen MR) is 86.9 cm³/mol. The van der Waals surface area contributed by atoms with Crippen molar-refractivity contribution in [2.45, 2.75) is 70.9 Å². The first-order valence-electron chi connectivity index (χ1n) is 8.80. The van der Waals surface area contributed by atoms with Crippen molar-refractivity contribution in [1.82, 2.24) is 9.80 Å². The smallest absolute Gasteiger partial charge is 0.0356 e. The molecule has 2 heterocycles. The Morgan fingerprint density at radius 2 is 1.80 bits per heavy atom. The van der Waals surface area contributed by atoms with E-state index in [4.69, 9.17) is 5.73 Å². The highest BCUT2D eigenvalue weighted by molar-refractivity contribution is 4.97. The van der Waals surface area contributed by atoms with E-state index in [0.717, 1.165) is 12.5 Å². The van der Waals surface area contributed by atoms with Gasteiger partial charge in [0.2, 0.25) is 0 Å². The van der Waals surface area contributed by atoms with E-state index in [0.29, 0.717) is 11.6 Å². The molecule has 2 rings (SSSR count). The molecular weight excluding hydrogens is 246 g/mol. The average Bonchev–Trinajstić information content (AvgIpc) is 2.73. The number of rotatable bonds is 4. The number of nitrogens with zero attached hydrogens (tertiary/aromatic N) is 2. The first-order chi connectivity index (χ1) is 9.61. The molecule has 0 spiro atoms. The van der Waals surface area contributed by atoms with Gasteiger partial charge in [0.05, 0.1) is 0 Å². The van der Waals surface area contributed by atoms with Gasteiger partial charge in [0.25, 0.3) is 0 Å². The first kappa shape index (κ1) is 16.3. The summed E-state index contributed by atoms with van der Waals surface area (Å²) in [6.45, 7) is 12.8. The molecule has 2 aliphatic rings. The lowest BCUT2D eigenvalue weighted by Gasteiger charge is -2.49. The second-order valence-electron chi connectivity index (χ2n) is 7.25. The van der Waals surface area contributed by atoms with Gasteiger partial charge in [0, 0.05) is 31.2 Å². The fraction of sp³-hybridized carbons (Fsp3) is 1.00. The summed E-state index contributed by atoms with van der Waals surface area (Å²) in [5, 5.41) is 0. The molecule has 3 heteroatoms. The lowest BCUT2D eigenvalue weighted by atomic mass is 9.84. The van der Waals surface area contributed by atoms with Crippen molar-refractivity contribution in [3.05, 3.63) is 0 Å². The minimum atomic E-state index is 0.300. The second-order valence-corrected chi connectivity index (χ2v) is 7.25. The lowest BCUT2D eigenvalue weighted by molar-refractivity contribution is 0.0192. The van der Waals surface area contributed by atoms with Gasteiger partial charge in [-0.2, -0.15) is 0 Å². The monoisotopic (exact) mass is 281 g/mol. The molecule has 2 aliphatic heterocycles. The van der Waals surface area contributed by atoms with Gasteiger partial charge < -0.3 is 10.6 Å². The number of hydrogen-bond acceptors (Lipinski definition) is 3. The van der Waals surface area contributed by atoms with E-state index in [1.165, 1.54) is 64.7 Å². The maximum absolute atomic E-state index is 6.25. The molecule has 0 aromatic rings. The van der Waals surface area contributed by atoms with Gasteiger partial charge in [-0.15, -0.1) is 0 Å². The van der Waals surface area contributed by atoms with Gasteiger partial charge >= 0.3 is 0 Å².